The summed E-state index contributed by atoms with van der Waals surface area (Å²) in [4.78, 5) is 37.6. The number of nitrogen functional groups attached to an aromatic ring is 1. The molecule has 1 aromatic carbocycles. The van der Waals surface area contributed by atoms with Gasteiger partial charge in [0.2, 0.25) is 16.9 Å². The Bertz CT molecular complexity index is 1630. The summed E-state index contributed by atoms with van der Waals surface area (Å²) < 4.78 is 59.2. The van der Waals surface area contributed by atoms with E-state index in [1.807, 2.05) is 6.07 Å². The van der Waals surface area contributed by atoms with Crippen LogP contribution < -0.4 is 15.6 Å². The summed E-state index contributed by atoms with van der Waals surface area (Å²) in [6.45, 7) is 8.82. The number of halogens is 1. The molecule has 3 unspecified atom stereocenters. The summed E-state index contributed by atoms with van der Waals surface area (Å²) in [5.41, 5.74) is 3.18. The number of hydrogen-bond acceptors (Lipinski definition) is 14. The number of carbonyl (C=O) groups is 2. The van der Waals surface area contributed by atoms with Crippen LogP contribution in [0.1, 0.15) is 53.3 Å². The Labute approximate surface area is 282 Å². The topological polar surface area (TPSA) is 199 Å². The molecular weight excluding hydrogens is 670 g/mol. The number of nitrogens with two attached hydrogens (primary N) is 1. The number of nitrogens with zero attached hydrogens (tertiary/aromatic N) is 4. The first-order chi connectivity index (χ1) is 22.6. The van der Waals surface area contributed by atoms with Crippen LogP contribution in [-0.2, 0) is 39.2 Å². The van der Waals surface area contributed by atoms with Crippen molar-refractivity contribution in [3.63, 3.8) is 0 Å². The van der Waals surface area contributed by atoms with Gasteiger partial charge in [0.25, 0.3) is 0 Å². The van der Waals surface area contributed by atoms with Gasteiger partial charge in [-0.15, -0.1) is 0 Å². The zero-order chi connectivity index (χ0) is 35.3. The van der Waals surface area contributed by atoms with Crippen molar-refractivity contribution in [2.45, 2.75) is 78.3 Å². The minimum atomic E-state index is -4.14. The molecule has 48 heavy (non-hydrogen) atoms. The number of imidazole rings is 1. The molecule has 4 rings (SSSR count). The lowest BCUT2D eigenvalue weighted by Crippen LogP contribution is -2.40. The summed E-state index contributed by atoms with van der Waals surface area (Å²) in [5.74, 6) is -0.641. The van der Waals surface area contributed by atoms with E-state index in [0.29, 0.717) is 0 Å². The zero-order valence-electron chi connectivity index (χ0n) is 27.6. The first-order valence-corrected chi connectivity index (χ1v) is 17.8. The second-order valence-electron chi connectivity index (χ2n) is 11.9. The molecule has 264 valence electrons. The van der Waals surface area contributed by atoms with Crippen molar-refractivity contribution < 1.29 is 46.9 Å². The van der Waals surface area contributed by atoms with Crippen molar-refractivity contribution in [1.82, 2.24) is 24.6 Å². The standard InChI is InChI=1S/C30H42FN6O9PS/c1-7-42-24-21-23(35-28(32)36-24)37(17-33-21)25-30(6,31)22(38)20(46-25)16-44-47(41,34-15-19-11-9-8-10-12-19)43-13-14-48-27(40)29(4,5)26(39)45-18(2)3/h8-12,17-18,20,22,25,38H,7,13-16H2,1-6H3,(H,34,41)(H2,32,35,36)/t20?,22-,25?,30-,47?/m1/s1. The SMILES string of the molecule is CCOc1nc(N)nc2c1ncn2C1OC(COP(=O)(NCc2ccccc2)OCCSC(=O)C(C)(C)C(=O)OC(C)C)[C@@H](O)[C@@]1(C)F. The highest BCUT2D eigenvalue weighted by atomic mass is 32.2. The normalized spacial score (nSPS) is 22.6. The van der Waals surface area contributed by atoms with Crippen LogP contribution in [0.25, 0.3) is 11.2 Å². The molecule has 0 bridgehead atoms. The Kier molecular flexibility index (Phi) is 12.2. The highest BCUT2D eigenvalue weighted by Gasteiger charge is 2.56. The van der Waals surface area contributed by atoms with E-state index in [-0.39, 0.29) is 54.6 Å². The number of benzene rings is 1. The van der Waals surface area contributed by atoms with Gasteiger partial charge in [-0.2, -0.15) is 9.97 Å². The molecule has 1 saturated heterocycles. The number of aliphatic hydroxyl groups excluding tert-OH is 1. The molecule has 1 aliphatic heterocycles. The Morgan fingerprint density at radius 3 is 2.62 bits per heavy atom. The van der Waals surface area contributed by atoms with Gasteiger partial charge in [-0.3, -0.25) is 23.2 Å². The fourth-order valence-corrected chi connectivity index (χ4v) is 6.90. The average molecular weight is 713 g/mol. The van der Waals surface area contributed by atoms with Crippen LogP contribution in [0.5, 0.6) is 5.88 Å². The Morgan fingerprint density at radius 1 is 1.25 bits per heavy atom. The predicted molar refractivity (Wildman–Crippen MR) is 176 cm³/mol. The van der Waals surface area contributed by atoms with Gasteiger partial charge < -0.3 is 25.1 Å². The van der Waals surface area contributed by atoms with Crippen molar-refractivity contribution in [1.29, 1.82) is 0 Å². The maximum absolute atomic E-state index is 16.1. The fourth-order valence-electron chi connectivity index (χ4n) is 4.67. The molecule has 0 spiro atoms. The lowest BCUT2D eigenvalue weighted by atomic mass is 9.96. The van der Waals surface area contributed by atoms with Crippen molar-refractivity contribution >= 4 is 47.7 Å². The number of nitrogens with one attached hydrogen (secondary N) is 1. The molecule has 4 N–H and O–H groups in total. The van der Waals surface area contributed by atoms with Gasteiger partial charge in [-0.1, -0.05) is 42.1 Å². The molecule has 0 radical (unpaired) electrons. The monoisotopic (exact) mass is 712 g/mol. The predicted octanol–water partition coefficient (Wildman–Crippen LogP) is 3.96. The number of esters is 1. The number of thioether (sulfide) groups is 1. The lowest BCUT2D eigenvalue weighted by Gasteiger charge is -2.25. The Balaban J connectivity index is 1.45. The quantitative estimate of drug-likeness (QED) is 0.0834. The number of alkyl halides is 1. The molecule has 1 aliphatic rings. The number of ether oxygens (including phenoxy) is 3. The number of rotatable bonds is 16. The van der Waals surface area contributed by atoms with E-state index < -0.39 is 55.0 Å². The maximum Gasteiger partial charge on any atom is 0.405 e. The van der Waals surface area contributed by atoms with Gasteiger partial charge in [0.1, 0.15) is 17.6 Å². The number of anilines is 1. The third-order valence-electron chi connectivity index (χ3n) is 7.33. The number of carbonyl (C=O) groups excluding carboxylic acids is 2. The number of aliphatic hydroxyl groups is 1. The van der Waals surface area contributed by atoms with Crippen LogP contribution >= 0.6 is 19.5 Å². The van der Waals surface area contributed by atoms with Crippen LogP contribution in [0.2, 0.25) is 0 Å². The van der Waals surface area contributed by atoms with E-state index in [4.69, 9.17) is 29.0 Å². The molecule has 2 aromatic heterocycles. The van der Waals surface area contributed by atoms with Gasteiger partial charge >= 0.3 is 13.7 Å². The largest absolute Gasteiger partial charge is 0.476 e. The molecule has 18 heteroatoms. The third-order valence-corrected chi connectivity index (χ3v) is 10.0. The van der Waals surface area contributed by atoms with E-state index in [1.54, 1.807) is 45.0 Å². The zero-order valence-corrected chi connectivity index (χ0v) is 29.3. The Hall–Kier alpha value is -3.18. The van der Waals surface area contributed by atoms with E-state index in [0.717, 1.165) is 24.2 Å². The number of hydrogen-bond donors (Lipinski definition) is 3. The summed E-state index contributed by atoms with van der Waals surface area (Å²) >= 11 is 0.822. The molecule has 3 aromatic rings. The van der Waals surface area contributed by atoms with Gasteiger partial charge in [0.15, 0.2) is 23.1 Å². The van der Waals surface area contributed by atoms with Gasteiger partial charge in [0, 0.05) is 12.3 Å². The van der Waals surface area contributed by atoms with E-state index in [2.05, 4.69) is 20.0 Å². The maximum atomic E-state index is 16.1. The molecule has 0 aliphatic carbocycles. The summed E-state index contributed by atoms with van der Waals surface area (Å²) in [6.07, 6.45) is -3.57. The van der Waals surface area contributed by atoms with Crippen LogP contribution in [0, 0.1) is 5.41 Å². The highest BCUT2D eigenvalue weighted by molar-refractivity contribution is 8.13. The summed E-state index contributed by atoms with van der Waals surface area (Å²) in [7, 11) is -4.14. The Morgan fingerprint density at radius 2 is 1.96 bits per heavy atom. The molecule has 1 fully saturated rings. The van der Waals surface area contributed by atoms with Crippen molar-refractivity contribution in [3.05, 3.63) is 42.2 Å². The first kappa shape index (κ1) is 37.6. The van der Waals surface area contributed by atoms with Gasteiger partial charge in [-0.05, 0) is 47.1 Å². The van der Waals surface area contributed by atoms with E-state index in [9.17, 15) is 19.3 Å². The fraction of sp³-hybridized carbons (Fsp3) is 0.567. The number of fused-ring (bicyclic) bond motifs is 1. The van der Waals surface area contributed by atoms with Crippen molar-refractivity contribution in [2.75, 3.05) is 31.3 Å². The first-order valence-electron chi connectivity index (χ1n) is 15.3. The van der Waals surface area contributed by atoms with E-state index >= 15 is 4.39 Å². The second-order valence-corrected chi connectivity index (χ2v) is 14.8. The van der Waals surface area contributed by atoms with Gasteiger partial charge in [0.05, 0.1) is 32.3 Å². The molecule has 0 saturated carbocycles. The molecular formula is C30H42FN6O9PS. The van der Waals surface area contributed by atoms with Crippen molar-refractivity contribution in [2.24, 2.45) is 5.41 Å². The minimum Gasteiger partial charge on any atom is -0.476 e. The number of aromatic nitrogens is 4. The molecule has 5 atom stereocenters. The van der Waals surface area contributed by atoms with Crippen LogP contribution in [0.3, 0.4) is 0 Å². The van der Waals surface area contributed by atoms with Crippen LogP contribution in [0.15, 0.2) is 36.7 Å². The van der Waals surface area contributed by atoms with Gasteiger partial charge in [-0.25, -0.2) is 19.0 Å². The lowest BCUT2D eigenvalue weighted by molar-refractivity contribution is -0.159. The van der Waals surface area contributed by atoms with Crippen LogP contribution in [-0.4, -0.2) is 85.3 Å². The van der Waals surface area contributed by atoms with E-state index in [1.165, 1.54) is 24.7 Å². The molecule has 15 nitrogen and oxygen atoms in total. The highest BCUT2D eigenvalue weighted by Crippen LogP contribution is 2.48. The third kappa shape index (κ3) is 8.69. The summed E-state index contributed by atoms with van der Waals surface area (Å²) in [5, 5.41) is 13.3. The van der Waals surface area contributed by atoms with Crippen LogP contribution in [0.4, 0.5) is 10.3 Å². The molecule has 0 amide bonds. The van der Waals surface area contributed by atoms with Crippen molar-refractivity contribution in [3.8, 4) is 5.88 Å². The smallest absolute Gasteiger partial charge is 0.405 e. The minimum absolute atomic E-state index is 0.0349. The second kappa shape index (κ2) is 15.6. The average Bonchev–Trinajstić information content (AvgIpc) is 3.54. The molecule has 3 heterocycles. The summed E-state index contributed by atoms with van der Waals surface area (Å²) in [6, 6.07) is 9.04.